The summed E-state index contributed by atoms with van der Waals surface area (Å²) in [5.74, 6) is -0.686. The van der Waals surface area contributed by atoms with E-state index in [4.69, 9.17) is 9.47 Å². The molecule has 7 heteroatoms. The van der Waals surface area contributed by atoms with E-state index >= 15 is 0 Å². The number of aliphatic hydroxyl groups excluding tert-OH is 1. The van der Waals surface area contributed by atoms with Gasteiger partial charge in [0.05, 0.1) is 16.5 Å². The maximum atomic E-state index is 11.8. The molecule has 0 aliphatic heterocycles. The zero-order valence-electron chi connectivity index (χ0n) is 18.9. The summed E-state index contributed by atoms with van der Waals surface area (Å²) in [7, 11) is 0. The highest BCUT2D eigenvalue weighted by Gasteiger charge is 2.67. The van der Waals surface area contributed by atoms with Gasteiger partial charge in [-0.2, -0.15) is 0 Å². The van der Waals surface area contributed by atoms with Crippen LogP contribution in [0, 0.1) is 28.6 Å². The van der Waals surface area contributed by atoms with Crippen LogP contribution in [-0.4, -0.2) is 51.4 Å². The zero-order chi connectivity index (χ0) is 22.8. The smallest absolute Gasteiger partial charge is 0.302 e. The first kappa shape index (κ1) is 23.2. The van der Waals surface area contributed by atoms with Gasteiger partial charge >= 0.3 is 11.9 Å². The van der Waals surface area contributed by atoms with E-state index in [0.29, 0.717) is 25.9 Å². The average Bonchev–Trinajstić information content (AvgIpc) is 2.66. The highest BCUT2D eigenvalue weighted by molar-refractivity contribution is 9.09. The van der Waals surface area contributed by atoms with Crippen molar-refractivity contribution in [2.45, 2.75) is 88.9 Å². The van der Waals surface area contributed by atoms with Gasteiger partial charge in [0.25, 0.3) is 0 Å². The van der Waals surface area contributed by atoms with Crippen molar-refractivity contribution in [1.82, 2.24) is 0 Å². The molecule has 3 saturated carbocycles. The number of halogens is 1. The van der Waals surface area contributed by atoms with E-state index in [-0.39, 0.29) is 51.5 Å². The largest absolute Gasteiger partial charge is 0.465 e. The van der Waals surface area contributed by atoms with Crippen LogP contribution in [0.5, 0.6) is 0 Å². The van der Waals surface area contributed by atoms with E-state index in [2.05, 4.69) is 35.9 Å². The normalized spacial score (nSPS) is 46.9. The molecule has 0 aromatic carbocycles. The number of hydrogen-bond donors (Lipinski definition) is 2. The Morgan fingerprint density at radius 3 is 2.55 bits per heavy atom. The lowest BCUT2D eigenvalue weighted by Crippen LogP contribution is -2.69. The number of ether oxygens (including phenoxy) is 2. The Morgan fingerprint density at radius 1 is 1.26 bits per heavy atom. The molecule has 0 radical (unpaired) electrons. The summed E-state index contributed by atoms with van der Waals surface area (Å²) in [6.45, 7) is 7.51. The number of alkyl halides is 1. The molecule has 0 spiro atoms. The van der Waals surface area contributed by atoms with Gasteiger partial charge in [0.1, 0.15) is 12.7 Å². The molecule has 9 atom stereocenters. The van der Waals surface area contributed by atoms with Crippen LogP contribution in [0.1, 0.15) is 66.2 Å². The molecule has 6 nitrogen and oxygen atoms in total. The second-order valence-corrected chi connectivity index (χ2v) is 12.0. The Balaban J connectivity index is 1.64. The van der Waals surface area contributed by atoms with Gasteiger partial charge in [-0.15, -0.1) is 0 Å². The molecule has 1 unspecified atom stereocenters. The van der Waals surface area contributed by atoms with Gasteiger partial charge < -0.3 is 19.7 Å². The van der Waals surface area contributed by atoms with Crippen molar-refractivity contribution in [3.63, 3.8) is 0 Å². The number of aliphatic hydroxyl groups is 2. The Kier molecular flexibility index (Phi) is 5.88. The molecule has 4 aliphatic carbocycles. The molecule has 4 rings (SSSR count). The Labute approximate surface area is 192 Å². The minimum absolute atomic E-state index is 0.0141. The predicted molar refractivity (Wildman–Crippen MR) is 118 cm³/mol. The topological polar surface area (TPSA) is 93.1 Å². The van der Waals surface area contributed by atoms with Crippen LogP contribution >= 0.6 is 15.9 Å². The van der Waals surface area contributed by atoms with E-state index in [9.17, 15) is 19.8 Å². The van der Waals surface area contributed by atoms with Gasteiger partial charge in [0, 0.05) is 25.7 Å². The summed E-state index contributed by atoms with van der Waals surface area (Å²) >= 11 is 3.73. The third-order valence-corrected chi connectivity index (χ3v) is 10.3. The van der Waals surface area contributed by atoms with E-state index in [0.717, 1.165) is 19.3 Å². The van der Waals surface area contributed by atoms with Crippen LogP contribution in [0.15, 0.2) is 11.6 Å². The van der Waals surface area contributed by atoms with E-state index in [1.807, 2.05) is 0 Å². The SMILES string of the molecule is CC(=O)OCC(Br)[C@]1(C)CC=C2[C@H](C1)[C@@H](O)C[C@H]1[C@]3(O)CC[C@@H]3[C@@H](OC(C)=O)C[C@]21C. The molecule has 0 saturated heterocycles. The van der Waals surface area contributed by atoms with Crippen molar-refractivity contribution in [2.24, 2.45) is 28.6 Å². The molecule has 4 aliphatic rings. The Morgan fingerprint density at radius 2 is 1.97 bits per heavy atom. The summed E-state index contributed by atoms with van der Waals surface area (Å²) in [4.78, 5) is 23.0. The first-order valence-corrected chi connectivity index (χ1v) is 12.4. The van der Waals surface area contributed by atoms with E-state index < -0.39 is 11.7 Å². The van der Waals surface area contributed by atoms with Gasteiger partial charge in [-0.25, -0.2) is 0 Å². The van der Waals surface area contributed by atoms with Crippen LogP contribution in [-0.2, 0) is 19.1 Å². The van der Waals surface area contributed by atoms with Crippen molar-refractivity contribution >= 4 is 27.9 Å². The first-order valence-electron chi connectivity index (χ1n) is 11.5. The van der Waals surface area contributed by atoms with Gasteiger partial charge in [0.15, 0.2) is 0 Å². The number of esters is 2. The van der Waals surface area contributed by atoms with E-state index in [1.54, 1.807) is 0 Å². The number of carbonyl (C=O) groups is 2. The number of carbonyl (C=O) groups excluding carboxylic acids is 2. The minimum Gasteiger partial charge on any atom is -0.465 e. The molecule has 2 N–H and O–H groups in total. The third kappa shape index (κ3) is 3.68. The number of rotatable bonds is 4. The molecule has 31 heavy (non-hydrogen) atoms. The zero-order valence-corrected chi connectivity index (χ0v) is 20.5. The van der Waals surface area contributed by atoms with Crippen molar-refractivity contribution in [3.8, 4) is 0 Å². The molecular weight excluding hydrogens is 464 g/mol. The molecule has 3 fully saturated rings. The third-order valence-electron chi connectivity index (χ3n) is 8.93. The molecule has 0 aromatic heterocycles. The highest BCUT2D eigenvalue weighted by Crippen LogP contribution is 2.67. The lowest BCUT2D eigenvalue weighted by Gasteiger charge is -2.66. The number of hydrogen-bond acceptors (Lipinski definition) is 6. The van der Waals surface area contributed by atoms with Crippen molar-refractivity contribution < 1.29 is 29.3 Å². The quantitative estimate of drug-likeness (QED) is 0.350. The fraction of sp³-hybridized carbons (Fsp3) is 0.833. The van der Waals surface area contributed by atoms with Crippen LogP contribution in [0.4, 0.5) is 0 Å². The molecule has 0 amide bonds. The van der Waals surface area contributed by atoms with Crippen LogP contribution < -0.4 is 0 Å². The summed E-state index contributed by atoms with van der Waals surface area (Å²) in [6.07, 6.45) is 5.84. The molecule has 0 aromatic rings. The fourth-order valence-electron chi connectivity index (χ4n) is 7.16. The molecular formula is C24H35BrO6. The lowest BCUT2D eigenvalue weighted by atomic mass is 9.41. The van der Waals surface area contributed by atoms with Crippen LogP contribution in [0.3, 0.4) is 0 Å². The standard InChI is InChI=1S/C24H35BrO6/c1-13(26)30-12-21(25)22(3)7-5-16-15(10-22)18(28)9-20-23(16,4)11-19(31-14(2)27)17-6-8-24(17,20)29/h5,15,17-21,28-29H,6-12H2,1-4H3/t15-,17+,18-,19-,20+,21?,22+,23+,24-/m0/s1. The van der Waals surface area contributed by atoms with E-state index in [1.165, 1.54) is 19.4 Å². The van der Waals surface area contributed by atoms with Crippen LogP contribution in [0.2, 0.25) is 0 Å². The van der Waals surface area contributed by atoms with Gasteiger partial charge in [-0.05, 0) is 55.3 Å². The second kappa shape index (κ2) is 7.84. The summed E-state index contributed by atoms with van der Waals surface area (Å²) in [5, 5.41) is 22.8. The first-order chi connectivity index (χ1) is 14.4. The van der Waals surface area contributed by atoms with Gasteiger partial charge in [-0.3, -0.25) is 9.59 Å². The maximum Gasteiger partial charge on any atom is 0.302 e. The fourth-order valence-corrected chi connectivity index (χ4v) is 7.67. The second-order valence-electron chi connectivity index (χ2n) is 10.9. The minimum atomic E-state index is -0.881. The highest BCUT2D eigenvalue weighted by atomic mass is 79.9. The predicted octanol–water partition coefficient (Wildman–Crippen LogP) is 3.52. The summed E-state index contributed by atoms with van der Waals surface area (Å²) in [6, 6.07) is 0. The molecule has 0 heterocycles. The monoisotopic (exact) mass is 498 g/mol. The van der Waals surface area contributed by atoms with Crippen molar-refractivity contribution in [1.29, 1.82) is 0 Å². The number of allylic oxidation sites excluding steroid dienone is 1. The van der Waals surface area contributed by atoms with Crippen LogP contribution in [0.25, 0.3) is 0 Å². The van der Waals surface area contributed by atoms with Crippen molar-refractivity contribution in [2.75, 3.05) is 6.61 Å². The lowest BCUT2D eigenvalue weighted by molar-refractivity contribution is -0.253. The maximum absolute atomic E-state index is 11.8. The summed E-state index contributed by atoms with van der Waals surface area (Å²) in [5.41, 5.74) is -0.145. The Hall–Kier alpha value is -0.920. The molecule has 0 bridgehead atoms. The average molecular weight is 499 g/mol. The molecule has 174 valence electrons. The van der Waals surface area contributed by atoms with Gasteiger partial charge in [0.2, 0.25) is 0 Å². The Bertz CT molecular complexity index is 797. The van der Waals surface area contributed by atoms with Crippen molar-refractivity contribution in [3.05, 3.63) is 11.6 Å². The van der Waals surface area contributed by atoms with Gasteiger partial charge in [-0.1, -0.05) is 41.4 Å². The number of fused-ring (bicyclic) bond motifs is 5. The summed E-state index contributed by atoms with van der Waals surface area (Å²) < 4.78 is 10.9.